The second-order valence-electron chi connectivity index (χ2n) is 8.40. The molecule has 9 heteroatoms. The number of nitriles is 1. The van der Waals surface area contributed by atoms with E-state index in [0.29, 0.717) is 55.5 Å². The van der Waals surface area contributed by atoms with Crippen LogP contribution in [0.5, 0.6) is 0 Å². The molecule has 0 spiro atoms. The Bertz CT molecular complexity index is 1270. The molecule has 1 aromatic heterocycles. The van der Waals surface area contributed by atoms with Gasteiger partial charge in [-0.15, -0.1) is 0 Å². The number of hydrogen-bond donors (Lipinski definition) is 1. The van der Waals surface area contributed by atoms with Crippen LogP contribution in [-0.2, 0) is 6.54 Å². The van der Waals surface area contributed by atoms with E-state index < -0.39 is 0 Å². The van der Waals surface area contributed by atoms with Gasteiger partial charge in [0.15, 0.2) is 0 Å². The topological polar surface area (TPSA) is 108 Å². The number of pyridine rings is 1. The Hall–Kier alpha value is -3.38. The van der Waals surface area contributed by atoms with E-state index in [2.05, 4.69) is 11.0 Å². The molecule has 1 saturated heterocycles. The Labute approximate surface area is 204 Å². The first kappa shape index (κ1) is 25.2. The minimum Gasteiger partial charge on any atom is -0.366 e. The van der Waals surface area contributed by atoms with Crippen LogP contribution < -0.4 is 16.6 Å². The Morgan fingerprint density at radius 3 is 2.32 bits per heavy atom. The van der Waals surface area contributed by atoms with Gasteiger partial charge in [0.2, 0.25) is 0 Å². The van der Waals surface area contributed by atoms with Gasteiger partial charge in [0.1, 0.15) is 11.6 Å². The highest BCUT2D eigenvalue weighted by molar-refractivity contribution is 6.30. The summed E-state index contributed by atoms with van der Waals surface area (Å²) in [5.74, 6) is -0.0456. The molecule has 1 aliphatic heterocycles. The number of halogens is 1. The molecule has 0 unspecified atom stereocenters. The molecule has 3 aromatic rings. The lowest BCUT2D eigenvalue weighted by molar-refractivity contribution is 0.0747. The second kappa shape index (κ2) is 10.7. The highest BCUT2D eigenvalue weighted by Gasteiger charge is 2.27. The standard InChI is InChI=1S/C25H26ClN5O2.H3N/c1-28(2)11-16-31-22-6-4-3-5-20(22)23(21(17-27)25(31)33)29-12-14-30(15-13-29)24(32)18-7-9-19(26)10-8-18;/h3-10H,11-16H2,1-2H3;1H3. The number of amides is 1. The van der Waals surface area contributed by atoms with Crippen LogP contribution in [0, 0.1) is 11.3 Å². The molecule has 1 amide bonds. The van der Waals surface area contributed by atoms with Crippen molar-refractivity contribution in [2.75, 3.05) is 51.7 Å². The molecule has 0 saturated carbocycles. The Morgan fingerprint density at radius 1 is 1.06 bits per heavy atom. The van der Waals surface area contributed by atoms with Crippen molar-refractivity contribution in [1.82, 2.24) is 20.5 Å². The van der Waals surface area contributed by atoms with Crippen molar-refractivity contribution < 1.29 is 4.79 Å². The van der Waals surface area contributed by atoms with E-state index in [9.17, 15) is 14.9 Å². The Balaban J connectivity index is 0.00000324. The molecule has 2 aromatic carbocycles. The van der Waals surface area contributed by atoms with E-state index in [4.69, 9.17) is 11.6 Å². The van der Waals surface area contributed by atoms with E-state index in [-0.39, 0.29) is 23.2 Å². The van der Waals surface area contributed by atoms with Crippen LogP contribution >= 0.6 is 11.6 Å². The molecule has 34 heavy (non-hydrogen) atoms. The molecule has 0 aliphatic carbocycles. The van der Waals surface area contributed by atoms with Crippen molar-refractivity contribution in [1.29, 1.82) is 5.26 Å². The third kappa shape index (κ3) is 4.92. The second-order valence-corrected chi connectivity index (χ2v) is 8.84. The fourth-order valence-electron chi connectivity index (χ4n) is 4.25. The summed E-state index contributed by atoms with van der Waals surface area (Å²) in [5.41, 5.74) is 1.97. The summed E-state index contributed by atoms with van der Waals surface area (Å²) < 4.78 is 1.69. The summed E-state index contributed by atoms with van der Waals surface area (Å²) in [6.07, 6.45) is 0. The molecule has 1 fully saturated rings. The van der Waals surface area contributed by atoms with Crippen molar-refractivity contribution in [2.45, 2.75) is 6.54 Å². The van der Waals surface area contributed by atoms with Gasteiger partial charge in [0, 0.05) is 55.2 Å². The summed E-state index contributed by atoms with van der Waals surface area (Å²) in [7, 11) is 3.91. The Kier molecular flexibility index (Phi) is 7.94. The summed E-state index contributed by atoms with van der Waals surface area (Å²) >= 11 is 5.94. The van der Waals surface area contributed by atoms with E-state index >= 15 is 0 Å². The maximum atomic E-state index is 13.3. The van der Waals surface area contributed by atoms with Crippen LogP contribution in [0.1, 0.15) is 15.9 Å². The molecule has 8 nitrogen and oxygen atoms in total. The van der Waals surface area contributed by atoms with Crippen molar-refractivity contribution in [3.8, 4) is 6.07 Å². The number of likely N-dealkylation sites (N-methyl/N-ethyl adjacent to an activating group) is 1. The third-order valence-electron chi connectivity index (χ3n) is 6.00. The first-order valence-electron chi connectivity index (χ1n) is 10.9. The molecule has 0 radical (unpaired) electrons. The molecule has 1 aliphatic rings. The van der Waals surface area contributed by atoms with E-state index in [1.165, 1.54) is 0 Å². The van der Waals surface area contributed by atoms with Gasteiger partial charge in [-0.1, -0.05) is 29.8 Å². The van der Waals surface area contributed by atoms with Gasteiger partial charge in [0.05, 0.1) is 11.2 Å². The van der Waals surface area contributed by atoms with Crippen LogP contribution in [0.3, 0.4) is 0 Å². The summed E-state index contributed by atoms with van der Waals surface area (Å²) in [5, 5.41) is 11.4. The minimum atomic E-state index is -0.271. The third-order valence-corrected chi connectivity index (χ3v) is 6.25. The SMILES string of the molecule is CN(C)CCn1c(=O)c(C#N)c(N2CCN(C(=O)c3ccc(Cl)cc3)CC2)c2ccccc21.N. The normalized spacial score (nSPS) is 13.6. The van der Waals surface area contributed by atoms with Crippen LogP contribution in [0.4, 0.5) is 5.69 Å². The quantitative estimate of drug-likeness (QED) is 0.600. The van der Waals surface area contributed by atoms with Crippen molar-refractivity contribution in [2.24, 2.45) is 0 Å². The molecule has 0 bridgehead atoms. The van der Waals surface area contributed by atoms with Gasteiger partial charge in [0.25, 0.3) is 11.5 Å². The van der Waals surface area contributed by atoms with Crippen molar-refractivity contribution in [3.05, 3.63) is 75.0 Å². The zero-order valence-electron chi connectivity index (χ0n) is 19.5. The predicted octanol–water partition coefficient (Wildman–Crippen LogP) is 3.21. The highest BCUT2D eigenvalue weighted by atomic mass is 35.5. The first-order chi connectivity index (χ1) is 15.9. The maximum absolute atomic E-state index is 13.3. The van der Waals surface area contributed by atoms with E-state index in [0.717, 1.165) is 10.9 Å². The van der Waals surface area contributed by atoms with Crippen molar-refractivity contribution >= 4 is 34.1 Å². The number of rotatable bonds is 5. The van der Waals surface area contributed by atoms with E-state index in [1.54, 1.807) is 33.7 Å². The average molecular weight is 481 g/mol. The molecule has 4 rings (SSSR count). The van der Waals surface area contributed by atoms with Gasteiger partial charge >= 0.3 is 0 Å². The maximum Gasteiger partial charge on any atom is 0.271 e. The number of anilines is 1. The molecule has 178 valence electrons. The monoisotopic (exact) mass is 480 g/mol. The van der Waals surface area contributed by atoms with Gasteiger partial charge < -0.3 is 25.4 Å². The fourth-order valence-corrected chi connectivity index (χ4v) is 4.37. The number of benzene rings is 2. The largest absolute Gasteiger partial charge is 0.366 e. The van der Waals surface area contributed by atoms with Crippen molar-refractivity contribution in [3.63, 3.8) is 0 Å². The van der Waals surface area contributed by atoms with Gasteiger partial charge in [-0.2, -0.15) is 5.26 Å². The molecule has 2 heterocycles. The molecular weight excluding hydrogens is 452 g/mol. The number of hydrogen-bond acceptors (Lipinski definition) is 6. The van der Waals surface area contributed by atoms with Crippen LogP contribution in [0.25, 0.3) is 10.9 Å². The lowest BCUT2D eigenvalue weighted by atomic mass is 10.1. The average Bonchev–Trinajstić information content (AvgIpc) is 2.83. The molecule has 0 atom stereocenters. The van der Waals surface area contributed by atoms with E-state index in [1.807, 2.05) is 43.3 Å². The number of piperazine rings is 1. The fraction of sp³-hybridized carbons (Fsp3) is 0.320. The lowest BCUT2D eigenvalue weighted by Crippen LogP contribution is -2.49. The summed E-state index contributed by atoms with van der Waals surface area (Å²) in [6, 6.07) is 16.8. The van der Waals surface area contributed by atoms with Crippen LogP contribution in [0.2, 0.25) is 5.02 Å². The number of carbonyl (C=O) groups is 1. The summed E-state index contributed by atoms with van der Waals surface area (Å²) in [6.45, 7) is 3.29. The lowest BCUT2D eigenvalue weighted by Gasteiger charge is -2.37. The smallest absolute Gasteiger partial charge is 0.271 e. The summed E-state index contributed by atoms with van der Waals surface area (Å²) in [4.78, 5) is 32.0. The van der Waals surface area contributed by atoms with Crippen LogP contribution in [-0.4, -0.2) is 67.1 Å². The molecule has 3 N–H and O–H groups in total. The highest BCUT2D eigenvalue weighted by Crippen LogP contribution is 2.30. The van der Waals surface area contributed by atoms with Gasteiger partial charge in [-0.3, -0.25) is 9.59 Å². The Morgan fingerprint density at radius 2 is 1.71 bits per heavy atom. The zero-order chi connectivity index (χ0) is 23.5. The zero-order valence-corrected chi connectivity index (χ0v) is 20.3. The number of fused-ring (bicyclic) bond motifs is 1. The minimum absolute atomic E-state index is 0. The van der Waals surface area contributed by atoms with Gasteiger partial charge in [-0.25, -0.2) is 0 Å². The number of carbonyl (C=O) groups excluding carboxylic acids is 1. The van der Waals surface area contributed by atoms with Crippen LogP contribution in [0.15, 0.2) is 53.3 Å². The predicted molar refractivity (Wildman–Crippen MR) is 136 cm³/mol. The first-order valence-corrected chi connectivity index (χ1v) is 11.3. The van der Waals surface area contributed by atoms with Gasteiger partial charge in [-0.05, 0) is 44.4 Å². The number of nitrogens with zero attached hydrogens (tertiary/aromatic N) is 5. The number of para-hydroxylation sites is 1. The molecular formula is C25H29ClN6O2. The number of aromatic nitrogens is 1.